The van der Waals surface area contributed by atoms with E-state index in [1.54, 1.807) is 24.5 Å². The third kappa shape index (κ3) is 3.49. The number of amidine groups is 1. The van der Waals surface area contributed by atoms with E-state index in [1.165, 1.54) is 37.4 Å². The van der Waals surface area contributed by atoms with E-state index < -0.39 is 10.7 Å². The third-order valence-corrected chi connectivity index (χ3v) is 6.98. The van der Waals surface area contributed by atoms with Gasteiger partial charge in [0.15, 0.2) is 5.17 Å². The number of carbonyl (C=O) groups excluding carboxylic acids is 2. The molecular formula is C19H23N3O3S. The van der Waals surface area contributed by atoms with Crippen molar-refractivity contribution in [3.63, 3.8) is 0 Å². The van der Waals surface area contributed by atoms with Crippen LogP contribution in [0.4, 0.5) is 0 Å². The summed E-state index contributed by atoms with van der Waals surface area (Å²) < 4.78 is 4.64. The average Bonchev–Trinajstić information content (AvgIpc) is 3.31. The quantitative estimate of drug-likeness (QED) is 0.800. The van der Waals surface area contributed by atoms with Gasteiger partial charge in [0.2, 0.25) is 0 Å². The second-order valence-electron chi connectivity index (χ2n) is 7.60. The molecule has 4 rings (SSSR count). The number of aromatic nitrogens is 1. The van der Waals surface area contributed by atoms with E-state index in [9.17, 15) is 9.59 Å². The summed E-state index contributed by atoms with van der Waals surface area (Å²) in [6.07, 6.45) is 8.69. The van der Waals surface area contributed by atoms with Gasteiger partial charge in [0.1, 0.15) is 4.75 Å². The van der Waals surface area contributed by atoms with Gasteiger partial charge in [-0.3, -0.25) is 9.78 Å². The summed E-state index contributed by atoms with van der Waals surface area (Å²) in [7, 11) is 0. The Morgan fingerprint density at radius 3 is 2.85 bits per heavy atom. The van der Waals surface area contributed by atoms with Gasteiger partial charge in [0, 0.05) is 24.9 Å². The molecule has 2 fully saturated rings. The number of aliphatic imine (C=N–C) groups is 1. The van der Waals surface area contributed by atoms with Crippen LogP contribution >= 0.6 is 11.8 Å². The predicted octanol–water partition coefficient (Wildman–Crippen LogP) is 2.79. The van der Waals surface area contributed by atoms with Crippen LogP contribution in [0, 0.1) is 11.8 Å². The molecule has 1 aromatic rings. The van der Waals surface area contributed by atoms with Crippen molar-refractivity contribution in [2.75, 3.05) is 6.61 Å². The first kappa shape index (κ1) is 17.5. The summed E-state index contributed by atoms with van der Waals surface area (Å²) in [6.45, 7) is 2.06. The Morgan fingerprint density at radius 2 is 2.15 bits per heavy atom. The molecular weight excluding hydrogens is 350 g/mol. The topological polar surface area (TPSA) is 80.7 Å². The van der Waals surface area contributed by atoms with Gasteiger partial charge in [0.05, 0.1) is 12.2 Å². The maximum atomic E-state index is 12.4. The molecule has 6 nitrogen and oxygen atoms in total. The number of fused-ring (bicyclic) bond motifs is 2. The van der Waals surface area contributed by atoms with Crippen LogP contribution in [0.15, 0.2) is 29.5 Å². The van der Waals surface area contributed by atoms with Crippen molar-refractivity contribution in [1.29, 1.82) is 0 Å². The van der Waals surface area contributed by atoms with E-state index in [2.05, 4.69) is 15.3 Å². The summed E-state index contributed by atoms with van der Waals surface area (Å²) in [5.74, 6) is 1.03. The first-order chi connectivity index (χ1) is 12.5. The van der Waals surface area contributed by atoms with Gasteiger partial charge in [-0.1, -0.05) is 18.2 Å². The predicted molar refractivity (Wildman–Crippen MR) is 99.9 cm³/mol. The molecule has 26 heavy (non-hydrogen) atoms. The Bertz CT molecular complexity index is 739. The van der Waals surface area contributed by atoms with Crippen LogP contribution in [0.2, 0.25) is 0 Å². The maximum Gasteiger partial charge on any atom is 0.338 e. The van der Waals surface area contributed by atoms with Crippen LogP contribution in [-0.2, 0) is 9.53 Å². The minimum Gasteiger partial charge on any atom is -0.462 e. The Hall–Kier alpha value is -1.89. The van der Waals surface area contributed by atoms with Crippen molar-refractivity contribution in [2.24, 2.45) is 16.8 Å². The van der Waals surface area contributed by atoms with Crippen molar-refractivity contribution >= 4 is 28.8 Å². The van der Waals surface area contributed by atoms with Crippen LogP contribution in [0.3, 0.4) is 0 Å². The largest absolute Gasteiger partial charge is 0.462 e. The Kier molecular flexibility index (Phi) is 4.73. The Labute approximate surface area is 157 Å². The van der Waals surface area contributed by atoms with E-state index in [0.29, 0.717) is 18.0 Å². The number of hydrogen-bond acceptors (Lipinski definition) is 6. The summed E-state index contributed by atoms with van der Waals surface area (Å²) in [5, 5.41) is 4.23. The number of nitrogens with zero attached hydrogens (tertiary/aromatic N) is 2. The van der Waals surface area contributed by atoms with Gasteiger partial charge in [-0.25, -0.2) is 4.79 Å². The van der Waals surface area contributed by atoms with Crippen LogP contribution in [0.25, 0.3) is 0 Å². The van der Waals surface area contributed by atoms with Gasteiger partial charge >= 0.3 is 5.97 Å². The number of nitrogens with one attached hydrogen (secondary N) is 1. The number of ether oxygens (including phenoxy) is 1. The minimum absolute atomic E-state index is 0.145. The maximum absolute atomic E-state index is 12.4. The average molecular weight is 373 g/mol. The van der Waals surface area contributed by atoms with Crippen molar-refractivity contribution in [1.82, 2.24) is 10.3 Å². The van der Waals surface area contributed by atoms with Gasteiger partial charge < -0.3 is 10.1 Å². The summed E-state index contributed by atoms with van der Waals surface area (Å²) >= 11 is 1.47. The SMILES string of the molecule is CC1(CCOC(=O)c2ccncc2)SC(NC2C[C@H]3CCC2C3)=NC1=O. The highest BCUT2D eigenvalue weighted by atomic mass is 32.2. The molecule has 0 radical (unpaired) electrons. The number of amides is 1. The minimum atomic E-state index is -0.668. The molecule has 7 heteroatoms. The van der Waals surface area contributed by atoms with E-state index in [-0.39, 0.29) is 12.5 Å². The van der Waals surface area contributed by atoms with Gasteiger partial charge in [0.25, 0.3) is 5.91 Å². The number of esters is 1. The van der Waals surface area contributed by atoms with Crippen LogP contribution < -0.4 is 5.32 Å². The summed E-state index contributed by atoms with van der Waals surface area (Å²) in [5.41, 5.74) is 0.463. The molecule has 2 heterocycles. The Morgan fingerprint density at radius 1 is 1.35 bits per heavy atom. The zero-order chi connectivity index (χ0) is 18.1. The van der Waals surface area contributed by atoms with Gasteiger partial charge in [-0.05, 0) is 50.2 Å². The normalized spacial score (nSPS) is 32.6. The second-order valence-corrected chi connectivity index (χ2v) is 9.09. The van der Waals surface area contributed by atoms with E-state index in [1.807, 2.05) is 6.92 Å². The summed E-state index contributed by atoms with van der Waals surface area (Å²) in [4.78, 5) is 32.5. The van der Waals surface area contributed by atoms with Crippen LogP contribution in [-0.4, -0.2) is 39.4 Å². The Balaban J connectivity index is 1.27. The fourth-order valence-electron chi connectivity index (χ4n) is 4.20. The van der Waals surface area contributed by atoms with E-state index in [0.717, 1.165) is 17.0 Å². The molecule has 3 aliphatic rings. The number of pyridine rings is 1. The standard InChI is InChI=1S/C19H23N3O3S/c1-19(6-9-25-16(23)13-4-7-20-8-5-13)17(24)22-18(26-19)21-15-11-12-2-3-14(15)10-12/h4-5,7-8,12,14-15H,2-3,6,9-11H2,1H3,(H,21,22,24)/t12-,14?,15?,19?/m0/s1. The monoisotopic (exact) mass is 373 g/mol. The lowest BCUT2D eigenvalue weighted by Gasteiger charge is -2.25. The number of carbonyl (C=O) groups is 2. The zero-order valence-electron chi connectivity index (χ0n) is 14.8. The first-order valence-corrected chi connectivity index (χ1v) is 10.0. The number of rotatable bonds is 5. The molecule has 1 aromatic heterocycles. The number of hydrogen-bond donors (Lipinski definition) is 1. The second kappa shape index (κ2) is 7.02. The molecule has 1 N–H and O–H groups in total. The third-order valence-electron chi connectivity index (χ3n) is 5.75. The smallest absolute Gasteiger partial charge is 0.338 e. The highest BCUT2D eigenvalue weighted by molar-refractivity contribution is 8.16. The fraction of sp³-hybridized carbons (Fsp3) is 0.579. The van der Waals surface area contributed by atoms with Crippen molar-refractivity contribution in [3.8, 4) is 0 Å². The molecule has 2 saturated carbocycles. The molecule has 0 spiro atoms. The van der Waals surface area contributed by atoms with E-state index >= 15 is 0 Å². The molecule has 4 atom stereocenters. The van der Waals surface area contributed by atoms with Crippen LogP contribution in [0.5, 0.6) is 0 Å². The lowest BCUT2D eigenvalue weighted by molar-refractivity contribution is -0.119. The van der Waals surface area contributed by atoms with Crippen molar-refractivity contribution < 1.29 is 14.3 Å². The zero-order valence-corrected chi connectivity index (χ0v) is 15.6. The molecule has 138 valence electrons. The lowest BCUT2D eigenvalue weighted by atomic mass is 9.96. The first-order valence-electron chi connectivity index (χ1n) is 9.19. The molecule has 0 aromatic carbocycles. The lowest BCUT2D eigenvalue weighted by Crippen LogP contribution is -2.37. The summed E-state index contributed by atoms with van der Waals surface area (Å²) in [6, 6.07) is 3.68. The molecule has 1 amide bonds. The van der Waals surface area contributed by atoms with Crippen molar-refractivity contribution in [2.45, 2.75) is 49.8 Å². The number of thioether (sulfide) groups is 1. The molecule has 2 aliphatic carbocycles. The van der Waals surface area contributed by atoms with Gasteiger partial charge in [-0.15, -0.1) is 0 Å². The molecule has 2 bridgehead atoms. The highest BCUT2D eigenvalue weighted by Gasteiger charge is 2.44. The highest BCUT2D eigenvalue weighted by Crippen LogP contribution is 2.45. The molecule has 3 unspecified atom stereocenters. The van der Waals surface area contributed by atoms with Gasteiger partial charge in [-0.2, -0.15) is 4.99 Å². The molecule has 1 aliphatic heterocycles. The van der Waals surface area contributed by atoms with Crippen molar-refractivity contribution in [3.05, 3.63) is 30.1 Å². The molecule has 0 saturated heterocycles. The van der Waals surface area contributed by atoms with Crippen LogP contribution in [0.1, 0.15) is 49.4 Å². The van der Waals surface area contributed by atoms with E-state index in [4.69, 9.17) is 4.74 Å². The fourth-order valence-corrected chi connectivity index (χ4v) is 5.28.